The van der Waals surface area contributed by atoms with Crippen LogP contribution in [0.5, 0.6) is 0 Å². The summed E-state index contributed by atoms with van der Waals surface area (Å²) in [5, 5.41) is 0. The van der Waals surface area contributed by atoms with Crippen molar-refractivity contribution in [3.63, 3.8) is 0 Å². The van der Waals surface area contributed by atoms with Crippen LogP contribution < -0.4 is 0 Å². The Balaban J connectivity index is 3.17. The summed E-state index contributed by atoms with van der Waals surface area (Å²) in [6, 6.07) is 0. The number of rotatable bonds is 9. The van der Waals surface area contributed by atoms with Gasteiger partial charge < -0.3 is 4.65 Å². The molecule has 0 saturated carbocycles. The van der Waals surface area contributed by atoms with Gasteiger partial charge in [0.15, 0.2) is 0 Å². The quantitative estimate of drug-likeness (QED) is 0.395. The molecule has 0 radical (unpaired) electrons. The third-order valence-electron chi connectivity index (χ3n) is 2.57. The Bertz CT molecular complexity index is 96.1. The molecular weight excluding hydrogens is 159 g/mol. The molecule has 78 valence electrons. The van der Waals surface area contributed by atoms with Crippen LogP contribution in [0.2, 0.25) is 0 Å². The molecule has 1 unspecified atom stereocenters. The highest BCUT2D eigenvalue weighted by molar-refractivity contribution is 5.98. The van der Waals surface area contributed by atoms with Gasteiger partial charge in [-0.1, -0.05) is 52.4 Å². The molecule has 0 aliphatic rings. The van der Waals surface area contributed by atoms with E-state index in [1.807, 2.05) is 8.05 Å². The monoisotopic (exact) mass is 184 g/mol. The lowest BCUT2D eigenvalue weighted by Gasteiger charge is -2.14. The highest BCUT2D eigenvalue weighted by Gasteiger charge is 2.03. The predicted molar refractivity (Wildman–Crippen MR) is 61.7 cm³/mol. The first kappa shape index (κ1) is 13.0. The molecule has 0 aliphatic carbocycles. The minimum absolute atomic E-state index is 0.520. The molecule has 0 aromatic rings. The van der Waals surface area contributed by atoms with E-state index in [1.54, 1.807) is 0 Å². The number of hydrogen-bond donors (Lipinski definition) is 0. The lowest BCUT2D eigenvalue weighted by atomic mass is 10.0. The predicted octanol–water partition coefficient (Wildman–Crippen LogP) is 3.08. The van der Waals surface area contributed by atoms with Crippen LogP contribution in [-0.2, 0) is 4.65 Å². The van der Waals surface area contributed by atoms with E-state index in [2.05, 4.69) is 13.8 Å². The van der Waals surface area contributed by atoms with E-state index in [1.165, 1.54) is 51.4 Å². The van der Waals surface area contributed by atoms with Crippen molar-refractivity contribution in [2.75, 3.05) is 0 Å². The first-order valence-corrected chi connectivity index (χ1v) is 5.87. The van der Waals surface area contributed by atoms with E-state index < -0.39 is 0 Å². The molecule has 0 rings (SSSR count). The third kappa shape index (κ3) is 8.36. The summed E-state index contributed by atoms with van der Waals surface area (Å²) < 4.78 is 5.40. The maximum absolute atomic E-state index is 5.40. The van der Waals surface area contributed by atoms with E-state index in [4.69, 9.17) is 4.65 Å². The Kier molecular flexibility index (Phi) is 10.1. The molecular formula is C11H25BO. The van der Waals surface area contributed by atoms with Crippen molar-refractivity contribution in [2.45, 2.75) is 71.3 Å². The Hall–Kier alpha value is 0.0249. The molecule has 0 aromatic carbocycles. The fourth-order valence-electron chi connectivity index (χ4n) is 1.68. The smallest absolute Gasteiger partial charge is 0.257 e. The van der Waals surface area contributed by atoms with Crippen LogP contribution in [0.25, 0.3) is 0 Å². The highest BCUT2D eigenvalue weighted by Crippen LogP contribution is 2.12. The largest absolute Gasteiger partial charge is 0.441 e. The normalized spacial score (nSPS) is 13.1. The lowest BCUT2D eigenvalue weighted by molar-refractivity contribution is 0.192. The van der Waals surface area contributed by atoms with Gasteiger partial charge in [0.2, 0.25) is 0 Å². The van der Waals surface area contributed by atoms with Crippen LogP contribution in [0, 0.1) is 0 Å². The van der Waals surface area contributed by atoms with Gasteiger partial charge in [0.05, 0.1) is 0 Å². The summed E-state index contributed by atoms with van der Waals surface area (Å²) in [5.41, 5.74) is 0. The fourth-order valence-corrected chi connectivity index (χ4v) is 1.68. The van der Waals surface area contributed by atoms with Crippen molar-refractivity contribution in [1.82, 2.24) is 0 Å². The molecule has 0 heterocycles. The summed E-state index contributed by atoms with van der Waals surface area (Å²) in [6.45, 7) is 4.48. The van der Waals surface area contributed by atoms with E-state index >= 15 is 0 Å². The zero-order valence-corrected chi connectivity index (χ0v) is 9.64. The van der Waals surface area contributed by atoms with E-state index in [0.717, 1.165) is 0 Å². The van der Waals surface area contributed by atoms with Gasteiger partial charge in [0.1, 0.15) is 0 Å². The van der Waals surface area contributed by atoms with Crippen LogP contribution in [0.15, 0.2) is 0 Å². The lowest BCUT2D eigenvalue weighted by Crippen LogP contribution is -2.10. The average Bonchev–Trinajstić information content (AvgIpc) is 2.16. The number of unbranched alkanes of at least 4 members (excludes halogenated alkanes) is 4. The van der Waals surface area contributed by atoms with Gasteiger partial charge >= 0.3 is 0 Å². The van der Waals surface area contributed by atoms with Gasteiger partial charge in [-0.15, -0.1) is 0 Å². The SMILES string of the molecule is BOC(CCC)CCCCCCC. The minimum atomic E-state index is 0.520. The van der Waals surface area contributed by atoms with Gasteiger partial charge in [-0.2, -0.15) is 0 Å². The summed E-state index contributed by atoms with van der Waals surface area (Å²) in [4.78, 5) is 0. The van der Waals surface area contributed by atoms with Crippen molar-refractivity contribution < 1.29 is 4.65 Å². The summed E-state index contributed by atoms with van der Waals surface area (Å²) in [7, 11) is 1.84. The van der Waals surface area contributed by atoms with Crippen molar-refractivity contribution in [3.05, 3.63) is 0 Å². The second kappa shape index (κ2) is 10.1. The maximum atomic E-state index is 5.40. The van der Waals surface area contributed by atoms with E-state index in [-0.39, 0.29) is 0 Å². The van der Waals surface area contributed by atoms with Gasteiger partial charge in [0, 0.05) is 6.10 Å². The molecule has 0 amide bonds. The molecule has 0 aromatic heterocycles. The fraction of sp³-hybridized carbons (Fsp3) is 1.00. The molecule has 0 aliphatic heterocycles. The highest BCUT2D eigenvalue weighted by atomic mass is 16.4. The molecule has 0 fully saturated rings. The standard InChI is InChI=1S/C11H25BO/c1-3-5-6-7-8-10-11(13-12)9-4-2/h11H,3-10,12H2,1-2H3. The summed E-state index contributed by atoms with van der Waals surface area (Å²) in [6.07, 6.45) is 11.1. The molecule has 1 nitrogen and oxygen atoms in total. The summed E-state index contributed by atoms with van der Waals surface area (Å²) in [5.74, 6) is 0. The van der Waals surface area contributed by atoms with Crippen LogP contribution in [-0.4, -0.2) is 14.2 Å². The van der Waals surface area contributed by atoms with Crippen LogP contribution in [0.1, 0.15) is 65.2 Å². The van der Waals surface area contributed by atoms with Gasteiger partial charge in [-0.05, 0) is 12.8 Å². The second-order valence-electron chi connectivity index (χ2n) is 3.85. The van der Waals surface area contributed by atoms with Crippen LogP contribution >= 0.6 is 0 Å². The van der Waals surface area contributed by atoms with Gasteiger partial charge in [0.25, 0.3) is 8.05 Å². The van der Waals surface area contributed by atoms with Crippen molar-refractivity contribution in [2.24, 2.45) is 0 Å². The topological polar surface area (TPSA) is 9.23 Å². The molecule has 0 spiro atoms. The molecule has 0 N–H and O–H groups in total. The van der Waals surface area contributed by atoms with Gasteiger partial charge in [-0.25, -0.2) is 0 Å². The second-order valence-corrected chi connectivity index (χ2v) is 3.85. The molecule has 0 bridgehead atoms. The first-order chi connectivity index (χ1) is 6.35. The molecule has 0 saturated heterocycles. The summed E-state index contributed by atoms with van der Waals surface area (Å²) >= 11 is 0. The molecule has 2 heteroatoms. The van der Waals surface area contributed by atoms with Gasteiger partial charge in [-0.3, -0.25) is 0 Å². The zero-order chi connectivity index (χ0) is 9.94. The Morgan fingerprint density at radius 2 is 1.62 bits per heavy atom. The third-order valence-corrected chi connectivity index (χ3v) is 2.57. The van der Waals surface area contributed by atoms with Crippen molar-refractivity contribution >= 4 is 8.05 Å². The Labute approximate surface area is 84.7 Å². The van der Waals surface area contributed by atoms with Crippen molar-refractivity contribution in [3.8, 4) is 0 Å². The minimum Gasteiger partial charge on any atom is -0.441 e. The molecule has 13 heavy (non-hydrogen) atoms. The van der Waals surface area contributed by atoms with E-state index in [0.29, 0.717) is 6.10 Å². The molecule has 1 atom stereocenters. The van der Waals surface area contributed by atoms with Crippen LogP contribution in [0.4, 0.5) is 0 Å². The Morgan fingerprint density at radius 3 is 2.15 bits per heavy atom. The Morgan fingerprint density at radius 1 is 0.923 bits per heavy atom. The van der Waals surface area contributed by atoms with Crippen molar-refractivity contribution in [1.29, 1.82) is 0 Å². The van der Waals surface area contributed by atoms with Crippen LogP contribution in [0.3, 0.4) is 0 Å². The zero-order valence-electron chi connectivity index (χ0n) is 9.64. The number of hydrogen-bond acceptors (Lipinski definition) is 1. The first-order valence-electron chi connectivity index (χ1n) is 5.87. The average molecular weight is 184 g/mol. The van der Waals surface area contributed by atoms with E-state index in [9.17, 15) is 0 Å². The maximum Gasteiger partial charge on any atom is 0.257 e.